The zero-order valence-corrected chi connectivity index (χ0v) is 20.5. The first-order valence-electron chi connectivity index (χ1n) is 12.0. The van der Waals surface area contributed by atoms with E-state index in [-0.39, 0.29) is 17.9 Å². The Balaban J connectivity index is 1.54. The van der Waals surface area contributed by atoms with Gasteiger partial charge in [-0.05, 0) is 43.3 Å². The molecule has 0 aliphatic carbocycles. The van der Waals surface area contributed by atoms with Crippen LogP contribution in [0.25, 0.3) is 10.8 Å². The number of nitrogens with zero attached hydrogens (tertiary/aromatic N) is 5. The van der Waals surface area contributed by atoms with E-state index in [0.29, 0.717) is 38.5 Å². The highest BCUT2D eigenvalue weighted by Crippen LogP contribution is 2.24. The highest BCUT2D eigenvalue weighted by molar-refractivity contribution is 6.07. The van der Waals surface area contributed by atoms with E-state index in [4.69, 9.17) is 0 Å². The maximum atomic E-state index is 13.5. The lowest BCUT2D eigenvalue weighted by Gasteiger charge is -2.23. The highest BCUT2D eigenvalue weighted by atomic mass is 16.2. The first-order valence-corrected chi connectivity index (χ1v) is 12.0. The Kier molecular flexibility index (Phi) is 7.26. The lowest BCUT2D eigenvalue weighted by Crippen LogP contribution is -2.38. The van der Waals surface area contributed by atoms with Crippen molar-refractivity contribution in [2.75, 3.05) is 33.7 Å². The van der Waals surface area contributed by atoms with Gasteiger partial charge >= 0.3 is 0 Å². The molecule has 4 rings (SSSR count). The second-order valence-corrected chi connectivity index (χ2v) is 9.68. The van der Waals surface area contributed by atoms with Gasteiger partial charge in [-0.15, -0.1) is 10.2 Å². The van der Waals surface area contributed by atoms with Gasteiger partial charge in [0.05, 0.1) is 12.6 Å². The molecule has 0 bridgehead atoms. The van der Waals surface area contributed by atoms with Crippen molar-refractivity contribution in [1.29, 1.82) is 0 Å². The Labute approximate surface area is 200 Å². The van der Waals surface area contributed by atoms with Crippen LogP contribution in [0.15, 0.2) is 42.5 Å². The molecular formula is C26H34N6O2. The number of likely N-dealkylation sites (N-methyl/N-ethyl adjacent to an activating group) is 1. The number of amides is 2. The fourth-order valence-corrected chi connectivity index (χ4v) is 4.62. The molecule has 2 heterocycles. The van der Waals surface area contributed by atoms with Crippen molar-refractivity contribution in [1.82, 2.24) is 29.9 Å². The number of nitrogens with one attached hydrogen (secondary N) is 1. The molecule has 0 saturated carbocycles. The van der Waals surface area contributed by atoms with Crippen LogP contribution in [0.1, 0.15) is 48.3 Å². The molecule has 8 heteroatoms. The smallest absolute Gasteiger partial charge is 0.254 e. The Morgan fingerprint density at radius 3 is 2.56 bits per heavy atom. The van der Waals surface area contributed by atoms with Crippen LogP contribution in [0.5, 0.6) is 0 Å². The molecular weight excluding hydrogens is 428 g/mol. The van der Waals surface area contributed by atoms with E-state index < -0.39 is 0 Å². The van der Waals surface area contributed by atoms with E-state index >= 15 is 0 Å². The van der Waals surface area contributed by atoms with Gasteiger partial charge in [-0.2, -0.15) is 0 Å². The minimum Gasteiger partial charge on any atom is -0.345 e. The maximum absolute atomic E-state index is 13.5. The SMILES string of the molecule is CC(C)C[C@H](NC(=O)CN(C)C)c1nnc2n1CCN(C(=O)c1cccc3ccccc13)CC2. The van der Waals surface area contributed by atoms with Gasteiger partial charge in [0.2, 0.25) is 5.91 Å². The predicted octanol–water partition coefficient (Wildman–Crippen LogP) is 2.89. The number of carbonyl (C=O) groups is 2. The van der Waals surface area contributed by atoms with Gasteiger partial charge in [-0.25, -0.2) is 0 Å². The van der Waals surface area contributed by atoms with Gasteiger partial charge in [0.15, 0.2) is 5.82 Å². The third kappa shape index (κ3) is 5.28. The van der Waals surface area contributed by atoms with E-state index in [0.717, 1.165) is 34.4 Å². The second-order valence-electron chi connectivity index (χ2n) is 9.68. The molecule has 0 spiro atoms. The number of aromatic nitrogens is 3. The molecule has 180 valence electrons. The van der Waals surface area contributed by atoms with Crippen molar-refractivity contribution >= 4 is 22.6 Å². The molecule has 0 saturated heterocycles. The third-order valence-electron chi connectivity index (χ3n) is 6.18. The summed E-state index contributed by atoms with van der Waals surface area (Å²) in [6.07, 6.45) is 1.40. The maximum Gasteiger partial charge on any atom is 0.254 e. The lowest BCUT2D eigenvalue weighted by molar-refractivity contribution is -0.122. The molecule has 1 aliphatic rings. The molecule has 3 aromatic rings. The number of carbonyl (C=O) groups excluding carboxylic acids is 2. The lowest BCUT2D eigenvalue weighted by atomic mass is 10.0. The summed E-state index contributed by atoms with van der Waals surface area (Å²) >= 11 is 0. The summed E-state index contributed by atoms with van der Waals surface area (Å²) in [5.41, 5.74) is 0.727. The third-order valence-corrected chi connectivity index (χ3v) is 6.18. The van der Waals surface area contributed by atoms with E-state index in [1.54, 1.807) is 0 Å². The van der Waals surface area contributed by atoms with Crippen molar-refractivity contribution in [3.05, 3.63) is 59.7 Å². The summed E-state index contributed by atoms with van der Waals surface area (Å²) in [6, 6.07) is 13.6. The monoisotopic (exact) mass is 462 g/mol. The number of rotatable bonds is 7. The number of benzene rings is 2. The van der Waals surface area contributed by atoms with Crippen LogP contribution in [0.2, 0.25) is 0 Å². The Hall–Kier alpha value is -3.26. The summed E-state index contributed by atoms with van der Waals surface area (Å²) in [5, 5.41) is 14.1. The van der Waals surface area contributed by atoms with Crippen molar-refractivity contribution in [3.63, 3.8) is 0 Å². The molecule has 1 aliphatic heterocycles. The Morgan fingerprint density at radius 2 is 1.79 bits per heavy atom. The van der Waals surface area contributed by atoms with Gasteiger partial charge in [0.1, 0.15) is 5.82 Å². The molecule has 2 amide bonds. The molecule has 1 aromatic heterocycles. The number of fused-ring (bicyclic) bond motifs is 2. The average Bonchev–Trinajstić information content (AvgIpc) is 3.08. The normalized spacial score (nSPS) is 14.8. The van der Waals surface area contributed by atoms with Gasteiger partial charge in [0, 0.05) is 31.6 Å². The van der Waals surface area contributed by atoms with Crippen molar-refractivity contribution < 1.29 is 9.59 Å². The van der Waals surface area contributed by atoms with E-state index in [2.05, 4.69) is 33.9 Å². The van der Waals surface area contributed by atoms with Crippen LogP contribution in [0.3, 0.4) is 0 Å². The molecule has 34 heavy (non-hydrogen) atoms. The van der Waals surface area contributed by atoms with Crippen LogP contribution in [-0.2, 0) is 17.8 Å². The zero-order chi connectivity index (χ0) is 24.2. The molecule has 0 unspecified atom stereocenters. The predicted molar refractivity (Wildman–Crippen MR) is 132 cm³/mol. The standard InChI is InChI=1S/C26H34N6O2/c1-18(2)16-22(27-24(33)17-30(3)4)25-29-28-23-12-13-31(14-15-32(23)25)26(34)21-11-7-9-19-8-5-6-10-20(19)21/h5-11,18,22H,12-17H2,1-4H3,(H,27,33)/t22-/m0/s1. The van der Waals surface area contributed by atoms with Gasteiger partial charge in [-0.3, -0.25) is 9.59 Å². The van der Waals surface area contributed by atoms with Crippen molar-refractivity contribution in [2.24, 2.45) is 5.92 Å². The second kappa shape index (κ2) is 10.3. The molecule has 0 radical (unpaired) electrons. The highest BCUT2D eigenvalue weighted by Gasteiger charge is 2.28. The first-order chi connectivity index (χ1) is 16.3. The van der Waals surface area contributed by atoms with Crippen molar-refractivity contribution in [3.8, 4) is 0 Å². The Morgan fingerprint density at radius 1 is 1.03 bits per heavy atom. The van der Waals surface area contributed by atoms with Gasteiger partial charge in [-0.1, -0.05) is 50.2 Å². The summed E-state index contributed by atoms with van der Waals surface area (Å²) in [7, 11) is 3.75. The van der Waals surface area contributed by atoms with Crippen LogP contribution in [0, 0.1) is 5.92 Å². The minimum absolute atomic E-state index is 0.0330. The number of hydrogen-bond acceptors (Lipinski definition) is 5. The van der Waals surface area contributed by atoms with Crippen LogP contribution in [-0.4, -0.2) is 70.1 Å². The summed E-state index contributed by atoms with van der Waals surface area (Å²) in [6.45, 7) is 6.35. The van der Waals surface area contributed by atoms with Crippen molar-refractivity contribution in [2.45, 2.75) is 39.3 Å². The van der Waals surface area contributed by atoms with Crippen LogP contribution in [0.4, 0.5) is 0 Å². The fraction of sp³-hybridized carbons (Fsp3) is 0.462. The van der Waals surface area contributed by atoms with E-state index in [1.165, 1.54) is 0 Å². The average molecular weight is 463 g/mol. The van der Waals surface area contributed by atoms with Crippen LogP contribution < -0.4 is 5.32 Å². The topological polar surface area (TPSA) is 83.4 Å². The van der Waals surface area contributed by atoms with E-state index in [1.807, 2.05) is 66.4 Å². The van der Waals surface area contributed by atoms with Crippen LogP contribution >= 0.6 is 0 Å². The fourth-order valence-electron chi connectivity index (χ4n) is 4.62. The summed E-state index contributed by atoms with van der Waals surface area (Å²) in [5.74, 6) is 2.02. The Bertz CT molecular complexity index is 1160. The first kappa shape index (κ1) is 23.9. The largest absolute Gasteiger partial charge is 0.345 e. The molecule has 2 aromatic carbocycles. The number of hydrogen-bond donors (Lipinski definition) is 1. The molecule has 1 atom stereocenters. The van der Waals surface area contributed by atoms with E-state index in [9.17, 15) is 9.59 Å². The summed E-state index contributed by atoms with van der Waals surface area (Å²) in [4.78, 5) is 29.7. The molecule has 1 N–H and O–H groups in total. The molecule has 8 nitrogen and oxygen atoms in total. The summed E-state index contributed by atoms with van der Waals surface area (Å²) < 4.78 is 2.10. The molecule has 0 fully saturated rings. The quantitative estimate of drug-likeness (QED) is 0.584. The van der Waals surface area contributed by atoms with Gasteiger partial charge < -0.3 is 19.7 Å². The zero-order valence-electron chi connectivity index (χ0n) is 20.5. The minimum atomic E-state index is -0.214. The van der Waals surface area contributed by atoms with Gasteiger partial charge in [0.25, 0.3) is 5.91 Å².